The molecule has 1 aromatic heterocycles. The molecule has 0 unspecified atom stereocenters. The van der Waals surface area contributed by atoms with Crippen molar-refractivity contribution in [3.8, 4) is 0 Å². The first-order valence-electron chi connectivity index (χ1n) is 8.51. The summed E-state index contributed by atoms with van der Waals surface area (Å²) in [5, 5.41) is 0.857. The van der Waals surface area contributed by atoms with E-state index in [4.69, 9.17) is 0 Å². The van der Waals surface area contributed by atoms with Crippen molar-refractivity contribution >= 4 is 27.6 Å². The molecule has 0 bridgehead atoms. The third-order valence-corrected chi connectivity index (χ3v) is 4.66. The van der Waals surface area contributed by atoms with Gasteiger partial charge in [0.1, 0.15) is 5.82 Å². The summed E-state index contributed by atoms with van der Waals surface area (Å²) in [5.41, 5.74) is 3.18. The second kappa shape index (κ2) is 8.37. The molecule has 0 amide bonds. The molecule has 1 N–H and O–H groups in total. The third kappa shape index (κ3) is 4.96. The number of thiol groups is 1. The highest BCUT2D eigenvalue weighted by Crippen LogP contribution is 2.20. The van der Waals surface area contributed by atoms with Crippen molar-refractivity contribution in [2.75, 3.05) is 6.54 Å². The van der Waals surface area contributed by atoms with Crippen LogP contribution in [0, 0.1) is 12.7 Å². The van der Waals surface area contributed by atoms with Gasteiger partial charge in [-0.25, -0.2) is 17.5 Å². The number of nitrogens with zero attached hydrogens (tertiary/aromatic N) is 1. The number of ketones is 1. The second-order valence-electron chi connectivity index (χ2n) is 6.37. The van der Waals surface area contributed by atoms with Gasteiger partial charge in [0.2, 0.25) is 10.9 Å². The van der Waals surface area contributed by atoms with E-state index in [-0.39, 0.29) is 17.9 Å². The van der Waals surface area contributed by atoms with E-state index in [1.807, 2.05) is 13.0 Å². The largest absolute Gasteiger partial charge is 0.289 e. The summed E-state index contributed by atoms with van der Waals surface area (Å²) in [6.45, 7) is 2.20. The highest BCUT2D eigenvalue weighted by molar-refractivity contribution is 7.70. The second-order valence-corrected chi connectivity index (χ2v) is 7.20. The molecule has 5 nitrogen and oxygen atoms in total. The van der Waals surface area contributed by atoms with E-state index in [1.54, 1.807) is 30.5 Å². The normalized spacial score (nSPS) is 11.2. The lowest BCUT2D eigenvalue weighted by molar-refractivity contribution is 0.103. The van der Waals surface area contributed by atoms with Crippen molar-refractivity contribution in [2.45, 2.75) is 19.8 Å². The van der Waals surface area contributed by atoms with Crippen LogP contribution in [-0.4, -0.2) is 25.7 Å². The van der Waals surface area contributed by atoms with Crippen molar-refractivity contribution in [1.82, 2.24) is 9.71 Å². The molecule has 0 saturated heterocycles. The van der Waals surface area contributed by atoms with E-state index >= 15 is 0 Å². The van der Waals surface area contributed by atoms with E-state index in [0.717, 1.165) is 16.5 Å². The molecule has 2 aromatic carbocycles. The summed E-state index contributed by atoms with van der Waals surface area (Å²) in [7, 11) is -2.63. The molecule has 0 spiro atoms. The average Bonchev–Trinajstić information content (AvgIpc) is 2.63. The van der Waals surface area contributed by atoms with E-state index in [2.05, 4.69) is 9.71 Å². The number of hydrogen-bond donors (Lipinski definition) is 2. The molecule has 1 heterocycles. The van der Waals surface area contributed by atoms with E-state index in [9.17, 15) is 17.6 Å². The predicted molar refractivity (Wildman–Crippen MR) is 103 cm³/mol. The first-order chi connectivity index (χ1) is 12.9. The SMILES string of the molecule is Cc1cnc2ccc(C(=O)c3cc(F)cc(CCCN[SH](=O)=O)c3)cc2c1. The maximum absolute atomic E-state index is 14.0. The van der Waals surface area contributed by atoms with Crippen LogP contribution in [0.5, 0.6) is 0 Å². The molecule has 27 heavy (non-hydrogen) atoms. The Bertz CT molecular complexity index is 1070. The Hall–Kier alpha value is -2.64. The van der Waals surface area contributed by atoms with Crippen molar-refractivity contribution in [3.05, 3.63) is 76.7 Å². The summed E-state index contributed by atoms with van der Waals surface area (Å²) in [6.07, 6.45) is 2.75. The quantitative estimate of drug-likeness (QED) is 0.372. The molecule has 0 aliphatic carbocycles. The zero-order valence-corrected chi connectivity index (χ0v) is 15.6. The molecule has 3 aromatic rings. The fourth-order valence-electron chi connectivity index (χ4n) is 2.94. The molecule has 3 rings (SSSR count). The van der Waals surface area contributed by atoms with Gasteiger partial charge in [-0.1, -0.05) is 0 Å². The van der Waals surface area contributed by atoms with E-state index in [0.29, 0.717) is 24.0 Å². The van der Waals surface area contributed by atoms with Crippen LogP contribution in [0.2, 0.25) is 0 Å². The highest BCUT2D eigenvalue weighted by atomic mass is 32.2. The lowest BCUT2D eigenvalue weighted by Crippen LogP contribution is -2.13. The van der Waals surface area contributed by atoms with Crippen LogP contribution in [-0.2, 0) is 17.3 Å². The summed E-state index contributed by atoms with van der Waals surface area (Å²) in [6, 6.07) is 11.4. The standard InChI is InChI=1S/C20H19FN2O3S/c1-13-7-16-10-15(4-5-19(16)22-12-13)20(24)17-8-14(9-18(21)11-17)3-2-6-23-27(25)26/h4-5,7-12,27H,2-3,6H2,1H3,(H,23,25,26). The molecule has 0 fully saturated rings. The first kappa shape index (κ1) is 19.1. The predicted octanol–water partition coefficient (Wildman–Crippen LogP) is 2.96. The molecular weight excluding hydrogens is 367 g/mol. The maximum Gasteiger partial charge on any atom is 0.201 e. The van der Waals surface area contributed by atoms with Gasteiger partial charge in [0.25, 0.3) is 0 Å². The van der Waals surface area contributed by atoms with Crippen molar-refractivity contribution < 1.29 is 17.6 Å². The number of aryl methyl sites for hydroxylation is 2. The van der Waals surface area contributed by atoms with Gasteiger partial charge in [0.05, 0.1) is 5.52 Å². The Morgan fingerprint density at radius 3 is 2.70 bits per heavy atom. The lowest BCUT2D eigenvalue weighted by Gasteiger charge is -2.07. The monoisotopic (exact) mass is 386 g/mol. The van der Waals surface area contributed by atoms with Gasteiger partial charge in [-0.15, -0.1) is 0 Å². The number of carbonyl (C=O) groups is 1. The van der Waals surface area contributed by atoms with Gasteiger partial charge in [-0.2, -0.15) is 0 Å². The number of aromatic nitrogens is 1. The van der Waals surface area contributed by atoms with Gasteiger partial charge < -0.3 is 0 Å². The summed E-state index contributed by atoms with van der Waals surface area (Å²) in [5.74, 6) is -0.753. The minimum atomic E-state index is -2.63. The van der Waals surface area contributed by atoms with Gasteiger partial charge in [-0.05, 0) is 73.4 Å². The number of rotatable bonds is 7. The topological polar surface area (TPSA) is 76.1 Å². The zero-order valence-electron chi connectivity index (χ0n) is 14.7. The smallest absolute Gasteiger partial charge is 0.201 e. The minimum absolute atomic E-state index is 0.264. The van der Waals surface area contributed by atoms with Crippen LogP contribution in [0.25, 0.3) is 10.9 Å². The van der Waals surface area contributed by atoms with Crippen molar-refractivity contribution in [1.29, 1.82) is 0 Å². The zero-order chi connectivity index (χ0) is 19.4. The van der Waals surface area contributed by atoms with Gasteiger partial charge in [0.15, 0.2) is 5.78 Å². The van der Waals surface area contributed by atoms with Gasteiger partial charge in [0, 0.05) is 29.3 Å². The summed E-state index contributed by atoms with van der Waals surface area (Å²) in [4.78, 5) is 17.1. The van der Waals surface area contributed by atoms with Crippen LogP contribution in [0.3, 0.4) is 0 Å². The van der Waals surface area contributed by atoms with E-state index in [1.165, 1.54) is 12.1 Å². The molecule has 0 aliphatic rings. The molecule has 7 heteroatoms. The van der Waals surface area contributed by atoms with Crippen LogP contribution >= 0.6 is 0 Å². The molecular formula is C20H19FN2O3S. The number of hydrogen-bond acceptors (Lipinski definition) is 4. The van der Waals surface area contributed by atoms with Gasteiger partial charge in [-0.3, -0.25) is 9.78 Å². The minimum Gasteiger partial charge on any atom is -0.289 e. The Kier molecular flexibility index (Phi) is 5.93. The average molecular weight is 386 g/mol. The Labute approximate surface area is 158 Å². The van der Waals surface area contributed by atoms with Crippen LogP contribution < -0.4 is 4.72 Å². The number of benzene rings is 2. The third-order valence-electron chi connectivity index (χ3n) is 4.18. The van der Waals surface area contributed by atoms with Crippen LogP contribution in [0.15, 0.2) is 48.7 Å². The van der Waals surface area contributed by atoms with Gasteiger partial charge >= 0.3 is 0 Å². The Balaban J connectivity index is 1.83. The van der Waals surface area contributed by atoms with Crippen LogP contribution in [0.1, 0.15) is 33.5 Å². The molecule has 140 valence electrons. The lowest BCUT2D eigenvalue weighted by atomic mass is 9.98. The molecule has 0 saturated carbocycles. The van der Waals surface area contributed by atoms with E-state index < -0.39 is 16.7 Å². The molecule has 0 aliphatic heterocycles. The number of halogens is 1. The fourth-order valence-corrected chi connectivity index (χ4v) is 3.28. The highest BCUT2D eigenvalue weighted by Gasteiger charge is 2.13. The number of nitrogens with one attached hydrogen (secondary N) is 1. The number of fused-ring (bicyclic) bond motifs is 1. The summed E-state index contributed by atoms with van der Waals surface area (Å²) >= 11 is 0. The molecule has 0 radical (unpaired) electrons. The maximum atomic E-state index is 14.0. The summed E-state index contributed by atoms with van der Waals surface area (Å²) < 4.78 is 37.3. The van der Waals surface area contributed by atoms with Crippen LogP contribution in [0.4, 0.5) is 4.39 Å². The molecule has 0 atom stereocenters. The number of pyridine rings is 1. The first-order valence-corrected chi connectivity index (χ1v) is 9.68. The Morgan fingerprint density at radius 1 is 1.11 bits per heavy atom. The van der Waals surface area contributed by atoms with Crippen molar-refractivity contribution in [2.24, 2.45) is 0 Å². The fraction of sp³-hybridized carbons (Fsp3) is 0.200. The van der Waals surface area contributed by atoms with Crippen molar-refractivity contribution in [3.63, 3.8) is 0 Å². The Morgan fingerprint density at radius 2 is 1.93 bits per heavy atom. The number of carbonyl (C=O) groups excluding carboxylic acids is 1.